The Morgan fingerprint density at radius 1 is 1.02 bits per heavy atom. The van der Waals surface area contributed by atoms with Gasteiger partial charge >= 0.3 is 5.97 Å². The highest BCUT2D eigenvalue weighted by atomic mass is 16.5. The van der Waals surface area contributed by atoms with Crippen molar-refractivity contribution in [3.05, 3.63) is 84.2 Å². The molecule has 3 atom stereocenters. The lowest BCUT2D eigenvalue weighted by Gasteiger charge is -2.28. The summed E-state index contributed by atoms with van der Waals surface area (Å²) in [6.07, 6.45) is 4.20. The lowest BCUT2D eigenvalue weighted by molar-refractivity contribution is -0.151. The minimum Gasteiger partial charge on any atom is -0.467 e. The van der Waals surface area contributed by atoms with E-state index in [1.54, 1.807) is 27.0 Å². The highest BCUT2D eigenvalue weighted by molar-refractivity contribution is 5.98. The molecule has 2 heterocycles. The van der Waals surface area contributed by atoms with Crippen LogP contribution in [0.5, 0.6) is 0 Å². The van der Waals surface area contributed by atoms with Crippen LogP contribution in [0.25, 0.3) is 0 Å². The predicted octanol–water partition coefficient (Wildman–Crippen LogP) is 3.32. The van der Waals surface area contributed by atoms with Crippen molar-refractivity contribution in [1.29, 1.82) is 0 Å². The van der Waals surface area contributed by atoms with Gasteiger partial charge in [0.15, 0.2) is 6.04 Å². The second kappa shape index (κ2) is 14.1. The first-order valence-corrected chi connectivity index (χ1v) is 14.3. The summed E-state index contributed by atoms with van der Waals surface area (Å²) >= 11 is 0. The molecular weight excluding hydrogens is 550 g/mol. The summed E-state index contributed by atoms with van der Waals surface area (Å²) in [6.45, 7) is 5.93. The highest BCUT2D eigenvalue weighted by Crippen LogP contribution is 2.27. The zero-order valence-corrected chi connectivity index (χ0v) is 25.0. The van der Waals surface area contributed by atoms with Gasteiger partial charge < -0.3 is 25.0 Å². The summed E-state index contributed by atoms with van der Waals surface area (Å²) in [5, 5.41) is 10.00. The van der Waals surface area contributed by atoms with Crippen LogP contribution >= 0.6 is 0 Å². The number of carbonyl (C=O) groups excluding carboxylic acids is 4. The maximum atomic E-state index is 13.9. The lowest BCUT2D eigenvalue weighted by Crippen LogP contribution is -2.50. The van der Waals surface area contributed by atoms with E-state index in [9.17, 15) is 19.2 Å². The van der Waals surface area contributed by atoms with E-state index in [0.29, 0.717) is 30.6 Å². The quantitative estimate of drug-likeness (QED) is 0.328. The van der Waals surface area contributed by atoms with Gasteiger partial charge in [0.25, 0.3) is 5.91 Å². The normalized spacial score (nSPS) is 16.3. The smallest absolute Gasteiger partial charge is 0.328 e. The number of esters is 1. The summed E-state index contributed by atoms with van der Waals surface area (Å²) in [5.41, 5.74) is 1.23. The molecule has 3 aromatic rings. The van der Waals surface area contributed by atoms with E-state index in [1.165, 1.54) is 22.9 Å². The Hall–Kier alpha value is -4.51. The molecule has 0 spiro atoms. The summed E-state index contributed by atoms with van der Waals surface area (Å²) in [6, 6.07) is 16.1. The average Bonchev–Trinajstić information content (AvgIpc) is 3.67. The van der Waals surface area contributed by atoms with E-state index in [2.05, 4.69) is 15.7 Å². The van der Waals surface area contributed by atoms with Crippen molar-refractivity contribution in [1.82, 2.24) is 20.0 Å². The molecule has 2 aromatic carbocycles. The molecule has 1 saturated heterocycles. The molecule has 2 N–H and O–H groups in total. The average molecular weight is 590 g/mol. The summed E-state index contributed by atoms with van der Waals surface area (Å²) in [4.78, 5) is 54.0. The number of aromatic nitrogens is 2. The van der Waals surface area contributed by atoms with Gasteiger partial charge in [0, 0.05) is 18.2 Å². The first-order chi connectivity index (χ1) is 20.6. The standard InChI is InChI=1S/C32H39N5O6/c1-32(2,3)31(41)35-25(21-43-20-22-12-7-5-8-13-22)28(38)34-24-18-33-37(19-24)27(23-14-9-6-10-15-23)29(39)36-17-11-16-26(36)30(40)42-4/h5-10,12-15,18-19,25-27H,11,16-17,20-21H2,1-4H3,(H,34,38)(H,35,41). The molecule has 43 heavy (non-hydrogen) atoms. The number of anilines is 1. The predicted molar refractivity (Wildman–Crippen MR) is 160 cm³/mol. The monoisotopic (exact) mass is 589 g/mol. The molecule has 1 aliphatic rings. The molecule has 11 nitrogen and oxygen atoms in total. The van der Waals surface area contributed by atoms with E-state index >= 15 is 0 Å². The third-order valence-corrected chi connectivity index (χ3v) is 7.19. The van der Waals surface area contributed by atoms with Crippen molar-refractivity contribution >= 4 is 29.4 Å². The molecule has 4 rings (SSSR count). The van der Waals surface area contributed by atoms with Gasteiger partial charge in [-0.05, 0) is 24.0 Å². The lowest BCUT2D eigenvalue weighted by atomic mass is 9.95. The molecule has 0 aliphatic carbocycles. The number of benzene rings is 2. The third-order valence-electron chi connectivity index (χ3n) is 7.19. The largest absolute Gasteiger partial charge is 0.467 e. The molecule has 0 radical (unpaired) electrons. The zero-order valence-electron chi connectivity index (χ0n) is 25.0. The third kappa shape index (κ3) is 8.07. The fourth-order valence-electron chi connectivity index (χ4n) is 4.81. The van der Waals surface area contributed by atoms with Gasteiger partial charge in [0.05, 0.1) is 32.2 Å². The van der Waals surface area contributed by atoms with E-state index in [-0.39, 0.29) is 25.0 Å². The fourth-order valence-corrected chi connectivity index (χ4v) is 4.81. The molecular formula is C32H39N5O6. The number of amides is 3. The van der Waals surface area contributed by atoms with Gasteiger partial charge in [-0.2, -0.15) is 5.10 Å². The Balaban J connectivity index is 1.53. The van der Waals surface area contributed by atoms with Crippen LogP contribution in [0.2, 0.25) is 0 Å². The van der Waals surface area contributed by atoms with Crippen LogP contribution < -0.4 is 10.6 Å². The van der Waals surface area contributed by atoms with E-state index in [4.69, 9.17) is 9.47 Å². The Kier molecular flexibility index (Phi) is 10.3. The molecule has 11 heteroatoms. The summed E-state index contributed by atoms with van der Waals surface area (Å²) < 4.78 is 12.2. The van der Waals surface area contributed by atoms with Gasteiger partial charge in [-0.15, -0.1) is 0 Å². The van der Waals surface area contributed by atoms with Crippen LogP contribution in [0, 0.1) is 5.41 Å². The van der Waals surface area contributed by atoms with Crippen LogP contribution in [0.3, 0.4) is 0 Å². The number of hydrogen-bond donors (Lipinski definition) is 2. The Morgan fingerprint density at radius 3 is 2.35 bits per heavy atom. The van der Waals surface area contributed by atoms with Crippen molar-refractivity contribution in [2.75, 3.05) is 25.6 Å². The maximum absolute atomic E-state index is 13.9. The van der Waals surface area contributed by atoms with E-state index < -0.39 is 35.4 Å². The van der Waals surface area contributed by atoms with Crippen LogP contribution in [0.4, 0.5) is 5.69 Å². The molecule has 0 saturated carbocycles. The zero-order chi connectivity index (χ0) is 31.0. The minimum absolute atomic E-state index is 0.0499. The number of ether oxygens (including phenoxy) is 2. The van der Waals surface area contributed by atoms with Crippen molar-refractivity contribution in [2.24, 2.45) is 5.41 Å². The topological polar surface area (TPSA) is 132 Å². The number of hydrogen-bond acceptors (Lipinski definition) is 7. The molecule has 3 unspecified atom stereocenters. The number of nitrogens with one attached hydrogen (secondary N) is 2. The van der Waals surface area contributed by atoms with Crippen LogP contribution in [0.15, 0.2) is 73.1 Å². The van der Waals surface area contributed by atoms with Crippen LogP contribution in [-0.4, -0.2) is 70.7 Å². The van der Waals surface area contributed by atoms with Gasteiger partial charge in [0.2, 0.25) is 11.8 Å². The Morgan fingerprint density at radius 2 is 1.70 bits per heavy atom. The molecule has 3 amide bonds. The molecule has 1 fully saturated rings. The molecule has 228 valence electrons. The highest BCUT2D eigenvalue weighted by Gasteiger charge is 2.39. The van der Waals surface area contributed by atoms with Crippen LogP contribution in [0.1, 0.15) is 50.8 Å². The van der Waals surface area contributed by atoms with Crippen LogP contribution in [-0.2, 0) is 35.3 Å². The van der Waals surface area contributed by atoms with Crippen molar-refractivity contribution < 1.29 is 28.7 Å². The number of nitrogens with zero attached hydrogens (tertiary/aromatic N) is 3. The van der Waals surface area contributed by atoms with Gasteiger partial charge in [-0.1, -0.05) is 81.4 Å². The van der Waals surface area contributed by atoms with E-state index in [0.717, 1.165) is 5.56 Å². The van der Waals surface area contributed by atoms with Crippen molar-refractivity contribution in [3.63, 3.8) is 0 Å². The first kappa shape index (κ1) is 31.4. The molecule has 1 aliphatic heterocycles. The molecule has 0 bridgehead atoms. The maximum Gasteiger partial charge on any atom is 0.328 e. The Labute approximate surface area is 251 Å². The minimum atomic E-state index is -0.976. The first-order valence-electron chi connectivity index (χ1n) is 14.3. The fraction of sp³-hybridized carbons (Fsp3) is 0.406. The van der Waals surface area contributed by atoms with Gasteiger partial charge in [-0.25, -0.2) is 4.79 Å². The SMILES string of the molecule is COC(=O)C1CCCN1C(=O)C(c1ccccc1)n1cc(NC(=O)C(COCc2ccccc2)NC(=O)C(C)(C)C)cn1. The Bertz CT molecular complexity index is 1400. The number of rotatable bonds is 11. The second-order valence-corrected chi connectivity index (χ2v) is 11.5. The number of carbonyl (C=O) groups is 4. The van der Waals surface area contributed by atoms with Gasteiger partial charge in [0.1, 0.15) is 12.1 Å². The number of methoxy groups -OCH3 is 1. The van der Waals surface area contributed by atoms with Gasteiger partial charge in [-0.3, -0.25) is 19.1 Å². The van der Waals surface area contributed by atoms with Crippen molar-refractivity contribution in [2.45, 2.75) is 58.3 Å². The van der Waals surface area contributed by atoms with E-state index in [1.807, 2.05) is 60.7 Å². The summed E-state index contributed by atoms with van der Waals surface area (Å²) in [5.74, 6) is -1.54. The second-order valence-electron chi connectivity index (χ2n) is 11.5. The summed E-state index contributed by atoms with van der Waals surface area (Å²) in [7, 11) is 1.31. The molecule has 1 aromatic heterocycles. The van der Waals surface area contributed by atoms with Crippen molar-refractivity contribution in [3.8, 4) is 0 Å². The number of likely N-dealkylation sites (tertiary alicyclic amines) is 1.